The SMILES string of the molecule is Clc1cccc2cncc(OC3CC3)c12. The van der Waals surface area contributed by atoms with Crippen LogP contribution in [0.25, 0.3) is 10.8 Å². The van der Waals surface area contributed by atoms with Crippen LogP contribution in [0.2, 0.25) is 5.02 Å². The number of pyridine rings is 1. The van der Waals surface area contributed by atoms with Crippen LogP contribution in [0.15, 0.2) is 30.6 Å². The molecule has 0 N–H and O–H groups in total. The van der Waals surface area contributed by atoms with E-state index >= 15 is 0 Å². The molecule has 0 aliphatic heterocycles. The first-order valence-corrected chi connectivity index (χ1v) is 5.41. The molecule has 3 heteroatoms. The summed E-state index contributed by atoms with van der Waals surface area (Å²) in [5.41, 5.74) is 0. The van der Waals surface area contributed by atoms with Gasteiger partial charge in [-0.3, -0.25) is 4.98 Å². The summed E-state index contributed by atoms with van der Waals surface area (Å²) in [6.45, 7) is 0. The predicted octanol–water partition coefficient (Wildman–Crippen LogP) is 3.43. The molecule has 3 rings (SSSR count). The number of aromatic nitrogens is 1. The minimum Gasteiger partial charge on any atom is -0.488 e. The van der Waals surface area contributed by atoms with Gasteiger partial charge in [-0.1, -0.05) is 23.7 Å². The Morgan fingerprint density at radius 1 is 1.27 bits per heavy atom. The van der Waals surface area contributed by atoms with E-state index in [0.717, 1.165) is 34.4 Å². The molecular formula is C12H10ClNO. The number of rotatable bonds is 2. The normalized spacial score (nSPS) is 15.5. The first-order chi connectivity index (χ1) is 7.34. The van der Waals surface area contributed by atoms with Gasteiger partial charge in [-0.25, -0.2) is 0 Å². The van der Waals surface area contributed by atoms with Crippen molar-refractivity contribution in [2.45, 2.75) is 18.9 Å². The highest BCUT2D eigenvalue weighted by Crippen LogP contribution is 2.35. The summed E-state index contributed by atoms with van der Waals surface area (Å²) < 4.78 is 5.77. The lowest BCUT2D eigenvalue weighted by Gasteiger charge is -2.08. The van der Waals surface area contributed by atoms with Crippen molar-refractivity contribution in [1.82, 2.24) is 4.98 Å². The van der Waals surface area contributed by atoms with Crippen LogP contribution < -0.4 is 4.74 Å². The maximum absolute atomic E-state index is 6.16. The summed E-state index contributed by atoms with van der Waals surface area (Å²) in [5.74, 6) is 0.806. The van der Waals surface area contributed by atoms with Crippen molar-refractivity contribution in [2.75, 3.05) is 0 Å². The number of hydrogen-bond donors (Lipinski definition) is 0. The average molecular weight is 220 g/mol. The molecule has 1 aromatic carbocycles. The third kappa shape index (κ3) is 1.65. The molecule has 2 aromatic rings. The molecule has 15 heavy (non-hydrogen) atoms. The van der Waals surface area contributed by atoms with E-state index in [1.54, 1.807) is 12.4 Å². The Morgan fingerprint density at radius 2 is 2.13 bits per heavy atom. The topological polar surface area (TPSA) is 22.1 Å². The number of benzene rings is 1. The molecule has 0 radical (unpaired) electrons. The first-order valence-electron chi connectivity index (χ1n) is 5.03. The highest BCUT2D eigenvalue weighted by Gasteiger charge is 2.24. The molecular weight excluding hydrogens is 210 g/mol. The Balaban J connectivity index is 2.18. The quantitative estimate of drug-likeness (QED) is 0.772. The van der Waals surface area contributed by atoms with Gasteiger partial charge in [-0.05, 0) is 18.9 Å². The van der Waals surface area contributed by atoms with Gasteiger partial charge in [-0.2, -0.15) is 0 Å². The second kappa shape index (κ2) is 3.38. The van der Waals surface area contributed by atoms with Crippen molar-refractivity contribution in [3.8, 4) is 5.75 Å². The minimum absolute atomic E-state index is 0.369. The average Bonchev–Trinajstić information content (AvgIpc) is 3.02. The van der Waals surface area contributed by atoms with Crippen molar-refractivity contribution in [3.05, 3.63) is 35.6 Å². The van der Waals surface area contributed by atoms with Gasteiger partial charge >= 0.3 is 0 Å². The summed E-state index contributed by atoms with van der Waals surface area (Å²) in [5, 5.41) is 2.73. The zero-order valence-electron chi connectivity index (χ0n) is 8.11. The molecule has 0 bridgehead atoms. The van der Waals surface area contributed by atoms with Crippen LogP contribution in [-0.4, -0.2) is 11.1 Å². The molecule has 2 nitrogen and oxygen atoms in total. The van der Waals surface area contributed by atoms with E-state index in [4.69, 9.17) is 16.3 Å². The maximum Gasteiger partial charge on any atom is 0.147 e. The van der Waals surface area contributed by atoms with E-state index in [1.165, 1.54) is 0 Å². The second-order valence-electron chi connectivity index (χ2n) is 3.79. The van der Waals surface area contributed by atoms with Crippen LogP contribution in [-0.2, 0) is 0 Å². The van der Waals surface area contributed by atoms with Gasteiger partial charge in [0.15, 0.2) is 0 Å². The van der Waals surface area contributed by atoms with Gasteiger partial charge in [0.2, 0.25) is 0 Å². The molecule has 1 aliphatic carbocycles. The summed E-state index contributed by atoms with van der Waals surface area (Å²) in [7, 11) is 0. The molecule has 1 heterocycles. The highest BCUT2D eigenvalue weighted by atomic mass is 35.5. The maximum atomic E-state index is 6.16. The van der Waals surface area contributed by atoms with E-state index in [2.05, 4.69) is 4.98 Å². The van der Waals surface area contributed by atoms with E-state index in [0.29, 0.717) is 6.10 Å². The molecule has 0 unspecified atom stereocenters. The Morgan fingerprint density at radius 3 is 2.93 bits per heavy atom. The highest BCUT2D eigenvalue weighted by molar-refractivity contribution is 6.36. The molecule has 1 saturated carbocycles. The summed E-state index contributed by atoms with van der Waals surface area (Å²) in [6.07, 6.45) is 6.20. The van der Waals surface area contributed by atoms with E-state index in [9.17, 15) is 0 Å². The first kappa shape index (κ1) is 8.98. The molecule has 1 fully saturated rings. The minimum atomic E-state index is 0.369. The Kier molecular flexibility index (Phi) is 2.03. The largest absolute Gasteiger partial charge is 0.488 e. The summed E-state index contributed by atoms with van der Waals surface area (Å²) in [4.78, 5) is 4.15. The molecule has 0 saturated heterocycles. The van der Waals surface area contributed by atoms with Gasteiger partial charge in [0.1, 0.15) is 5.75 Å². The summed E-state index contributed by atoms with van der Waals surface area (Å²) >= 11 is 6.16. The van der Waals surface area contributed by atoms with Crippen molar-refractivity contribution in [2.24, 2.45) is 0 Å². The Hall–Kier alpha value is -1.28. The van der Waals surface area contributed by atoms with Gasteiger partial charge in [-0.15, -0.1) is 0 Å². The lowest BCUT2D eigenvalue weighted by molar-refractivity contribution is 0.306. The second-order valence-corrected chi connectivity index (χ2v) is 4.20. The van der Waals surface area contributed by atoms with Crippen molar-refractivity contribution in [3.63, 3.8) is 0 Å². The fraction of sp³-hybridized carbons (Fsp3) is 0.250. The zero-order valence-corrected chi connectivity index (χ0v) is 8.87. The number of hydrogen-bond acceptors (Lipinski definition) is 2. The Bertz CT molecular complexity index is 503. The lowest BCUT2D eigenvalue weighted by atomic mass is 10.1. The monoisotopic (exact) mass is 219 g/mol. The number of halogens is 1. The van der Waals surface area contributed by atoms with Gasteiger partial charge in [0, 0.05) is 17.0 Å². The lowest BCUT2D eigenvalue weighted by Crippen LogP contribution is -1.97. The third-order valence-corrected chi connectivity index (χ3v) is 2.83. The van der Waals surface area contributed by atoms with Crippen molar-refractivity contribution >= 4 is 22.4 Å². The zero-order chi connectivity index (χ0) is 10.3. The molecule has 0 amide bonds. The molecule has 76 valence electrons. The van der Waals surface area contributed by atoms with Crippen LogP contribution >= 0.6 is 11.6 Å². The van der Waals surface area contributed by atoms with Crippen molar-refractivity contribution < 1.29 is 4.74 Å². The third-order valence-electron chi connectivity index (χ3n) is 2.52. The van der Waals surface area contributed by atoms with Crippen LogP contribution in [0.3, 0.4) is 0 Å². The van der Waals surface area contributed by atoms with Crippen LogP contribution in [0.1, 0.15) is 12.8 Å². The number of nitrogens with zero attached hydrogens (tertiary/aromatic N) is 1. The summed E-state index contributed by atoms with van der Waals surface area (Å²) in [6, 6.07) is 5.80. The standard InChI is InChI=1S/C12H10ClNO/c13-10-3-1-2-8-6-14-7-11(12(8)10)15-9-4-5-9/h1-3,6-7,9H,4-5H2. The van der Waals surface area contributed by atoms with Gasteiger partial charge in [0.25, 0.3) is 0 Å². The van der Waals surface area contributed by atoms with E-state index < -0.39 is 0 Å². The van der Waals surface area contributed by atoms with E-state index in [1.807, 2.05) is 18.2 Å². The predicted molar refractivity (Wildman–Crippen MR) is 60.4 cm³/mol. The number of ether oxygens (including phenoxy) is 1. The van der Waals surface area contributed by atoms with E-state index in [-0.39, 0.29) is 0 Å². The van der Waals surface area contributed by atoms with Gasteiger partial charge in [0.05, 0.1) is 17.3 Å². The number of fused-ring (bicyclic) bond motifs is 1. The van der Waals surface area contributed by atoms with Crippen LogP contribution in [0.5, 0.6) is 5.75 Å². The molecule has 0 spiro atoms. The van der Waals surface area contributed by atoms with Crippen molar-refractivity contribution in [1.29, 1.82) is 0 Å². The molecule has 0 atom stereocenters. The fourth-order valence-corrected chi connectivity index (χ4v) is 1.89. The molecule has 1 aliphatic rings. The van der Waals surface area contributed by atoms with Crippen LogP contribution in [0.4, 0.5) is 0 Å². The fourth-order valence-electron chi connectivity index (χ4n) is 1.61. The smallest absolute Gasteiger partial charge is 0.147 e. The Labute approximate surface area is 92.8 Å². The van der Waals surface area contributed by atoms with Gasteiger partial charge < -0.3 is 4.74 Å². The molecule has 1 aromatic heterocycles. The van der Waals surface area contributed by atoms with Crippen LogP contribution in [0, 0.1) is 0 Å².